The average molecular weight is 398 g/mol. The summed E-state index contributed by atoms with van der Waals surface area (Å²) in [5.74, 6) is 2.26. The van der Waals surface area contributed by atoms with Crippen LogP contribution in [0.2, 0.25) is 0 Å². The van der Waals surface area contributed by atoms with E-state index in [1.807, 2.05) is 24.3 Å². The van der Waals surface area contributed by atoms with Crippen LogP contribution in [0.25, 0.3) is 11.4 Å². The van der Waals surface area contributed by atoms with Crippen molar-refractivity contribution in [1.82, 2.24) is 14.3 Å². The van der Waals surface area contributed by atoms with Crippen molar-refractivity contribution in [2.45, 2.75) is 27.2 Å². The van der Waals surface area contributed by atoms with Gasteiger partial charge in [-0.3, -0.25) is 0 Å². The summed E-state index contributed by atoms with van der Waals surface area (Å²) in [5.41, 5.74) is 4.62. The third-order valence-electron chi connectivity index (χ3n) is 4.87. The number of hydrogen-bond acceptors (Lipinski definition) is 6. The van der Waals surface area contributed by atoms with Crippen LogP contribution < -0.4 is 9.47 Å². The maximum absolute atomic E-state index is 6.05. The van der Waals surface area contributed by atoms with Crippen LogP contribution in [0, 0.1) is 13.8 Å². The molecule has 0 amide bonds. The Kier molecular flexibility index (Phi) is 6.65. The molecule has 0 atom stereocenters. The Morgan fingerprint density at radius 2 is 1.93 bits per heavy atom. The Morgan fingerprint density at radius 1 is 1.11 bits per heavy atom. The van der Waals surface area contributed by atoms with Crippen molar-refractivity contribution in [3.05, 3.63) is 53.1 Å². The van der Waals surface area contributed by atoms with Crippen LogP contribution in [0.4, 0.5) is 0 Å². The highest BCUT2D eigenvalue weighted by Gasteiger charge is 2.12. The lowest BCUT2D eigenvalue weighted by Gasteiger charge is -2.16. The fraction of sp³-hybridized carbons (Fsp3) is 0.364. The third kappa shape index (κ3) is 4.88. The molecule has 0 unspecified atom stereocenters. The van der Waals surface area contributed by atoms with Gasteiger partial charge >= 0.3 is 0 Å². The summed E-state index contributed by atoms with van der Waals surface area (Å²) in [5, 5.41) is 0.541. The van der Waals surface area contributed by atoms with E-state index in [-0.39, 0.29) is 0 Å². The van der Waals surface area contributed by atoms with E-state index >= 15 is 0 Å². The molecule has 0 fully saturated rings. The monoisotopic (exact) mass is 397 g/mol. The Labute approximate surface area is 171 Å². The van der Waals surface area contributed by atoms with Gasteiger partial charge in [0.25, 0.3) is 5.19 Å². The van der Waals surface area contributed by atoms with Crippen molar-refractivity contribution in [1.29, 1.82) is 0 Å². The highest BCUT2D eigenvalue weighted by Crippen LogP contribution is 2.31. The predicted octanol–water partition coefficient (Wildman–Crippen LogP) is 5.12. The van der Waals surface area contributed by atoms with Gasteiger partial charge < -0.3 is 14.4 Å². The number of ether oxygens (including phenoxy) is 2. The topological polar surface area (TPSA) is 47.5 Å². The number of nitrogens with zero attached hydrogens (tertiary/aromatic N) is 3. The van der Waals surface area contributed by atoms with Crippen molar-refractivity contribution in [3.63, 3.8) is 0 Å². The zero-order valence-corrected chi connectivity index (χ0v) is 18.0. The molecule has 0 spiro atoms. The van der Waals surface area contributed by atoms with Crippen molar-refractivity contribution in [3.8, 4) is 28.1 Å². The van der Waals surface area contributed by atoms with Gasteiger partial charge in [0.1, 0.15) is 11.5 Å². The molecule has 0 radical (unpaired) electrons. The van der Waals surface area contributed by atoms with Gasteiger partial charge in [-0.15, -0.1) is 0 Å². The lowest BCUT2D eigenvalue weighted by molar-refractivity contribution is 0.357. The van der Waals surface area contributed by atoms with Gasteiger partial charge in [-0.1, -0.05) is 25.1 Å². The van der Waals surface area contributed by atoms with Gasteiger partial charge in [-0.2, -0.15) is 9.36 Å². The summed E-state index contributed by atoms with van der Waals surface area (Å²) < 4.78 is 15.8. The molecule has 2 aromatic carbocycles. The second-order valence-electron chi connectivity index (χ2n) is 6.91. The van der Waals surface area contributed by atoms with Gasteiger partial charge in [-0.05, 0) is 68.8 Å². The second kappa shape index (κ2) is 9.17. The molecule has 1 heterocycles. The molecule has 0 aliphatic carbocycles. The van der Waals surface area contributed by atoms with Crippen LogP contribution in [0.3, 0.4) is 0 Å². The molecule has 1 aromatic heterocycles. The first-order valence-corrected chi connectivity index (χ1v) is 10.2. The number of aromatic nitrogens is 2. The van der Waals surface area contributed by atoms with Crippen LogP contribution in [-0.2, 0) is 6.42 Å². The first-order valence-electron chi connectivity index (χ1n) is 9.44. The van der Waals surface area contributed by atoms with Crippen LogP contribution in [-0.4, -0.2) is 41.5 Å². The van der Waals surface area contributed by atoms with Crippen molar-refractivity contribution >= 4 is 11.5 Å². The Hall–Kier alpha value is -2.44. The van der Waals surface area contributed by atoms with Crippen LogP contribution in [0.15, 0.2) is 36.4 Å². The van der Waals surface area contributed by atoms with Crippen LogP contribution >= 0.6 is 11.5 Å². The molecule has 0 N–H and O–H groups in total. The molecule has 5 nitrogen and oxygen atoms in total. The molecule has 0 aliphatic rings. The van der Waals surface area contributed by atoms with Gasteiger partial charge in [0.05, 0.1) is 7.11 Å². The molecule has 3 aromatic rings. The lowest BCUT2D eigenvalue weighted by atomic mass is 10.0. The number of benzene rings is 2. The smallest absolute Gasteiger partial charge is 0.299 e. The summed E-state index contributed by atoms with van der Waals surface area (Å²) in [7, 11) is 3.80. The van der Waals surface area contributed by atoms with Crippen molar-refractivity contribution < 1.29 is 9.47 Å². The summed E-state index contributed by atoms with van der Waals surface area (Å²) in [6.45, 7) is 8.50. The summed E-state index contributed by atoms with van der Waals surface area (Å²) >= 11 is 1.26. The highest BCUT2D eigenvalue weighted by molar-refractivity contribution is 7.07. The molecule has 148 valence electrons. The van der Waals surface area contributed by atoms with Crippen LogP contribution in [0.5, 0.6) is 16.7 Å². The fourth-order valence-corrected chi connectivity index (χ4v) is 3.49. The van der Waals surface area contributed by atoms with E-state index in [1.54, 1.807) is 7.11 Å². The van der Waals surface area contributed by atoms with Gasteiger partial charge in [0.2, 0.25) is 0 Å². The van der Waals surface area contributed by atoms with E-state index in [1.165, 1.54) is 22.7 Å². The molecule has 0 saturated carbocycles. The summed E-state index contributed by atoms with van der Waals surface area (Å²) in [4.78, 5) is 6.86. The minimum atomic E-state index is 0.541. The lowest BCUT2D eigenvalue weighted by Crippen LogP contribution is -2.20. The minimum absolute atomic E-state index is 0.541. The average Bonchev–Trinajstić information content (AvgIpc) is 3.17. The van der Waals surface area contributed by atoms with E-state index in [0.29, 0.717) is 11.0 Å². The van der Waals surface area contributed by atoms with E-state index in [4.69, 9.17) is 9.47 Å². The highest BCUT2D eigenvalue weighted by atomic mass is 32.1. The molecule has 6 heteroatoms. The largest absolute Gasteiger partial charge is 0.497 e. The van der Waals surface area contributed by atoms with Crippen LogP contribution in [0.1, 0.15) is 23.6 Å². The Balaban J connectivity index is 1.75. The fourth-order valence-electron chi connectivity index (χ4n) is 2.92. The van der Waals surface area contributed by atoms with E-state index < -0.39 is 0 Å². The third-order valence-corrected chi connectivity index (χ3v) is 5.46. The molecule has 28 heavy (non-hydrogen) atoms. The maximum Gasteiger partial charge on any atom is 0.299 e. The standard InChI is InChI=1S/C22H27N3O2S/c1-6-25(4)11-10-17-12-16(3)20(13-15(17)2)27-22-23-21(24-28-22)18-8-7-9-19(14-18)26-5/h7-9,12-14H,6,10-11H2,1-5H3. The zero-order valence-electron chi connectivity index (χ0n) is 17.2. The number of aryl methyl sites for hydroxylation is 2. The van der Waals surface area contributed by atoms with E-state index in [9.17, 15) is 0 Å². The number of rotatable bonds is 8. The first kappa shape index (κ1) is 20.3. The molecular weight excluding hydrogens is 370 g/mol. The zero-order chi connectivity index (χ0) is 20.1. The predicted molar refractivity (Wildman–Crippen MR) is 115 cm³/mol. The number of hydrogen-bond donors (Lipinski definition) is 0. The van der Waals surface area contributed by atoms with Gasteiger partial charge in [0.15, 0.2) is 5.82 Å². The maximum atomic E-state index is 6.05. The minimum Gasteiger partial charge on any atom is -0.497 e. The molecule has 0 aliphatic heterocycles. The summed E-state index contributed by atoms with van der Waals surface area (Å²) in [6, 6.07) is 12.0. The first-order chi connectivity index (χ1) is 13.5. The Morgan fingerprint density at radius 3 is 2.68 bits per heavy atom. The van der Waals surface area contributed by atoms with E-state index in [0.717, 1.165) is 42.1 Å². The molecule has 3 rings (SSSR count). The normalized spacial score (nSPS) is 11.1. The quantitative estimate of drug-likeness (QED) is 0.528. The molecular formula is C22H27N3O2S. The number of likely N-dealkylation sites (N-methyl/N-ethyl adjacent to an activating group) is 1. The number of methoxy groups -OCH3 is 1. The SMILES string of the molecule is CCN(C)CCc1cc(C)c(Oc2nc(-c3cccc(OC)c3)ns2)cc1C. The van der Waals surface area contributed by atoms with Crippen molar-refractivity contribution in [2.24, 2.45) is 0 Å². The molecule has 0 saturated heterocycles. The van der Waals surface area contributed by atoms with Gasteiger partial charge in [-0.25, -0.2) is 0 Å². The second-order valence-corrected chi connectivity index (χ2v) is 7.62. The van der Waals surface area contributed by atoms with Gasteiger partial charge in [0, 0.05) is 23.6 Å². The molecule has 0 bridgehead atoms. The van der Waals surface area contributed by atoms with E-state index in [2.05, 4.69) is 54.2 Å². The summed E-state index contributed by atoms with van der Waals surface area (Å²) in [6.07, 6.45) is 1.04. The van der Waals surface area contributed by atoms with Crippen molar-refractivity contribution in [2.75, 3.05) is 27.2 Å². The Bertz CT molecular complexity index is 939.